The minimum Gasteiger partial charge on any atom is -0.464 e. The van der Waals surface area contributed by atoms with Crippen molar-refractivity contribution in [2.45, 2.75) is 44.6 Å². The molecule has 1 aliphatic carbocycles. The van der Waals surface area contributed by atoms with E-state index in [0.29, 0.717) is 18.9 Å². The summed E-state index contributed by atoms with van der Waals surface area (Å²) in [6.45, 7) is 0.575. The van der Waals surface area contributed by atoms with Gasteiger partial charge in [0.2, 0.25) is 0 Å². The number of esters is 1. The van der Waals surface area contributed by atoms with Gasteiger partial charge < -0.3 is 10.5 Å². The number of hydrogen-bond acceptors (Lipinski definition) is 4. The summed E-state index contributed by atoms with van der Waals surface area (Å²) >= 11 is 1.71. The van der Waals surface area contributed by atoms with Gasteiger partial charge >= 0.3 is 5.97 Å². The Balaban J connectivity index is 2.12. The Morgan fingerprint density at radius 3 is 2.75 bits per heavy atom. The summed E-state index contributed by atoms with van der Waals surface area (Å²) in [5.41, 5.74) is 5.73. The van der Waals surface area contributed by atoms with Crippen LogP contribution in [0.1, 0.15) is 38.5 Å². The topological polar surface area (TPSA) is 52.3 Å². The predicted molar refractivity (Wildman–Crippen MR) is 68.5 cm³/mol. The van der Waals surface area contributed by atoms with Gasteiger partial charge in [-0.2, -0.15) is 11.8 Å². The molecule has 3 nitrogen and oxygen atoms in total. The molecule has 1 saturated carbocycles. The van der Waals surface area contributed by atoms with Crippen LogP contribution >= 0.6 is 11.8 Å². The molecule has 0 heterocycles. The van der Waals surface area contributed by atoms with Crippen molar-refractivity contribution in [1.29, 1.82) is 0 Å². The Morgan fingerprint density at radius 2 is 2.12 bits per heavy atom. The maximum absolute atomic E-state index is 11.5. The molecule has 94 valence electrons. The first kappa shape index (κ1) is 13.8. The molecule has 0 amide bonds. The summed E-state index contributed by atoms with van der Waals surface area (Å²) in [4.78, 5) is 11.5. The molecule has 1 rings (SSSR count). The third-order valence-electron chi connectivity index (χ3n) is 3.12. The van der Waals surface area contributed by atoms with E-state index in [1.807, 2.05) is 6.26 Å². The van der Waals surface area contributed by atoms with E-state index in [1.165, 1.54) is 32.1 Å². The predicted octanol–water partition coefficient (Wildman–Crippen LogP) is 2.19. The highest BCUT2D eigenvalue weighted by Crippen LogP contribution is 2.23. The SMILES string of the molecule is CSCC[C@@H](N)C(=O)OCC1CCCCC1. The maximum atomic E-state index is 11.5. The molecular weight excluding hydrogens is 222 g/mol. The van der Waals surface area contributed by atoms with Gasteiger partial charge in [-0.1, -0.05) is 19.3 Å². The molecule has 2 N–H and O–H groups in total. The van der Waals surface area contributed by atoms with Crippen LogP contribution in [0.5, 0.6) is 0 Å². The Hall–Kier alpha value is -0.220. The zero-order valence-corrected chi connectivity index (χ0v) is 10.9. The van der Waals surface area contributed by atoms with E-state index in [-0.39, 0.29) is 5.97 Å². The highest BCUT2D eigenvalue weighted by Gasteiger charge is 2.18. The van der Waals surface area contributed by atoms with E-state index >= 15 is 0 Å². The van der Waals surface area contributed by atoms with E-state index in [1.54, 1.807) is 11.8 Å². The maximum Gasteiger partial charge on any atom is 0.322 e. The largest absolute Gasteiger partial charge is 0.464 e. The number of carbonyl (C=O) groups excluding carboxylic acids is 1. The third kappa shape index (κ3) is 5.21. The highest BCUT2D eigenvalue weighted by molar-refractivity contribution is 7.98. The molecule has 0 aromatic heterocycles. The molecule has 0 aromatic carbocycles. The summed E-state index contributed by atoms with van der Waals surface area (Å²) in [6, 6.07) is -0.434. The summed E-state index contributed by atoms with van der Waals surface area (Å²) in [5, 5.41) is 0. The minimum absolute atomic E-state index is 0.223. The number of nitrogens with two attached hydrogens (primary N) is 1. The van der Waals surface area contributed by atoms with Crippen molar-refractivity contribution in [2.75, 3.05) is 18.6 Å². The molecule has 0 radical (unpaired) electrons. The Morgan fingerprint density at radius 1 is 1.44 bits per heavy atom. The number of rotatable bonds is 6. The first-order chi connectivity index (χ1) is 7.74. The second-order valence-corrected chi connectivity index (χ2v) is 5.51. The molecule has 1 aliphatic rings. The normalized spacial score (nSPS) is 19.4. The fraction of sp³-hybridized carbons (Fsp3) is 0.917. The van der Waals surface area contributed by atoms with E-state index in [9.17, 15) is 4.79 Å². The van der Waals surface area contributed by atoms with Crippen LogP contribution in [0.4, 0.5) is 0 Å². The van der Waals surface area contributed by atoms with Crippen LogP contribution in [0, 0.1) is 5.92 Å². The lowest BCUT2D eigenvalue weighted by atomic mass is 9.90. The Kier molecular flexibility index (Phi) is 6.88. The van der Waals surface area contributed by atoms with Crippen LogP contribution < -0.4 is 5.73 Å². The van der Waals surface area contributed by atoms with Gasteiger partial charge in [-0.25, -0.2) is 0 Å². The van der Waals surface area contributed by atoms with Crippen LogP contribution in [0.25, 0.3) is 0 Å². The third-order valence-corrected chi connectivity index (χ3v) is 3.77. The average Bonchev–Trinajstić information content (AvgIpc) is 2.34. The fourth-order valence-electron chi connectivity index (χ4n) is 2.02. The zero-order chi connectivity index (χ0) is 11.8. The Bertz CT molecular complexity index is 205. The molecule has 1 atom stereocenters. The van der Waals surface area contributed by atoms with Crippen molar-refractivity contribution < 1.29 is 9.53 Å². The van der Waals surface area contributed by atoms with Gasteiger partial charge in [0.05, 0.1) is 6.61 Å². The van der Waals surface area contributed by atoms with Gasteiger partial charge in [-0.05, 0) is 37.2 Å². The quantitative estimate of drug-likeness (QED) is 0.729. The van der Waals surface area contributed by atoms with Crippen molar-refractivity contribution in [3.05, 3.63) is 0 Å². The van der Waals surface area contributed by atoms with Crippen LogP contribution in [0.15, 0.2) is 0 Å². The van der Waals surface area contributed by atoms with E-state index in [2.05, 4.69) is 0 Å². The van der Waals surface area contributed by atoms with Gasteiger partial charge in [0.1, 0.15) is 6.04 Å². The molecule has 0 spiro atoms. The van der Waals surface area contributed by atoms with Gasteiger partial charge in [-0.15, -0.1) is 0 Å². The lowest BCUT2D eigenvalue weighted by molar-refractivity contribution is -0.146. The lowest BCUT2D eigenvalue weighted by Gasteiger charge is -2.21. The zero-order valence-electron chi connectivity index (χ0n) is 10.1. The number of ether oxygens (including phenoxy) is 1. The van der Waals surface area contributed by atoms with Crippen LogP contribution in [-0.2, 0) is 9.53 Å². The molecule has 0 aliphatic heterocycles. The summed E-state index contributed by atoms with van der Waals surface area (Å²) in [7, 11) is 0. The number of thioether (sulfide) groups is 1. The average molecular weight is 245 g/mol. The van der Waals surface area contributed by atoms with Crippen LogP contribution in [0.2, 0.25) is 0 Å². The molecule has 1 fully saturated rings. The van der Waals surface area contributed by atoms with Gasteiger partial charge in [0, 0.05) is 0 Å². The van der Waals surface area contributed by atoms with E-state index in [4.69, 9.17) is 10.5 Å². The van der Waals surface area contributed by atoms with Crippen LogP contribution in [-0.4, -0.2) is 30.6 Å². The number of hydrogen-bond donors (Lipinski definition) is 1. The summed E-state index contributed by atoms with van der Waals surface area (Å²) in [5.74, 6) is 1.27. The second kappa shape index (κ2) is 7.96. The van der Waals surface area contributed by atoms with Crippen LogP contribution in [0.3, 0.4) is 0 Å². The van der Waals surface area contributed by atoms with Crippen molar-refractivity contribution in [1.82, 2.24) is 0 Å². The standard InChI is InChI=1S/C12H23NO2S/c1-16-8-7-11(13)12(14)15-9-10-5-3-2-4-6-10/h10-11H,2-9,13H2,1H3/t11-/m1/s1. The first-order valence-corrected chi connectivity index (χ1v) is 7.54. The van der Waals surface area contributed by atoms with Crippen molar-refractivity contribution in [3.63, 3.8) is 0 Å². The van der Waals surface area contributed by atoms with Crippen molar-refractivity contribution in [3.8, 4) is 0 Å². The number of carbonyl (C=O) groups is 1. The lowest BCUT2D eigenvalue weighted by Crippen LogP contribution is -2.34. The fourth-order valence-corrected chi connectivity index (χ4v) is 2.51. The molecule has 0 aromatic rings. The first-order valence-electron chi connectivity index (χ1n) is 6.15. The van der Waals surface area contributed by atoms with Gasteiger partial charge in [0.15, 0.2) is 0 Å². The summed E-state index contributed by atoms with van der Waals surface area (Å²) < 4.78 is 5.27. The van der Waals surface area contributed by atoms with E-state index in [0.717, 1.165) is 5.75 Å². The highest BCUT2D eigenvalue weighted by atomic mass is 32.2. The molecule has 16 heavy (non-hydrogen) atoms. The molecule has 0 saturated heterocycles. The molecule has 0 unspecified atom stereocenters. The Labute approximate surface area is 102 Å². The van der Waals surface area contributed by atoms with Crippen molar-refractivity contribution in [2.24, 2.45) is 11.7 Å². The molecule has 0 bridgehead atoms. The minimum atomic E-state index is -0.434. The van der Waals surface area contributed by atoms with Crippen molar-refractivity contribution >= 4 is 17.7 Å². The monoisotopic (exact) mass is 245 g/mol. The summed E-state index contributed by atoms with van der Waals surface area (Å²) in [6.07, 6.45) is 9.02. The molecular formula is C12H23NO2S. The van der Waals surface area contributed by atoms with E-state index < -0.39 is 6.04 Å². The second-order valence-electron chi connectivity index (χ2n) is 4.52. The van der Waals surface area contributed by atoms with Gasteiger partial charge in [-0.3, -0.25) is 4.79 Å². The van der Waals surface area contributed by atoms with Gasteiger partial charge in [0.25, 0.3) is 0 Å². The smallest absolute Gasteiger partial charge is 0.322 e. The molecule has 4 heteroatoms.